The van der Waals surface area contributed by atoms with E-state index < -0.39 is 0 Å². The largest absolute Gasteiger partial charge is 0.308 e. The van der Waals surface area contributed by atoms with Crippen molar-refractivity contribution in [2.45, 2.75) is 20.3 Å². The molecule has 1 aromatic carbocycles. The maximum atomic E-state index is 5.44. The van der Waals surface area contributed by atoms with Gasteiger partial charge in [0.15, 0.2) is 5.82 Å². The SMILES string of the molecule is CCc1cccc2c(NN)nc(C)nc12. The summed E-state index contributed by atoms with van der Waals surface area (Å²) in [5.74, 6) is 6.86. The van der Waals surface area contributed by atoms with Crippen LogP contribution < -0.4 is 11.3 Å². The van der Waals surface area contributed by atoms with Crippen LogP contribution in [0.5, 0.6) is 0 Å². The topological polar surface area (TPSA) is 63.8 Å². The first-order valence-corrected chi connectivity index (χ1v) is 4.99. The number of hydrogen-bond donors (Lipinski definition) is 2. The van der Waals surface area contributed by atoms with Crippen molar-refractivity contribution in [3.05, 3.63) is 29.6 Å². The fourth-order valence-electron chi connectivity index (χ4n) is 1.72. The molecule has 1 heterocycles. The molecule has 3 N–H and O–H groups in total. The van der Waals surface area contributed by atoms with Gasteiger partial charge in [0.05, 0.1) is 5.52 Å². The van der Waals surface area contributed by atoms with Crippen molar-refractivity contribution >= 4 is 16.7 Å². The summed E-state index contributed by atoms with van der Waals surface area (Å²) in [5.41, 5.74) is 4.81. The number of aryl methyl sites for hydroxylation is 2. The third-order valence-electron chi connectivity index (χ3n) is 2.44. The number of nitrogens with one attached hydrogen (secondary N) is 1. The molecule has 0 aliphatic carbocycles. The van der Waals surface area contributed by atoms with E-state index in [9.17, 15) is 0 Å². The van der Waals surface area contributed by atoms with Gasteiger partial charge in [-0.3, -0.25) is 0 Å². The van der Waals surface area contributed by atoms with Gasteiger partial charge in [-0.15, -0.1) is 0 Å². The van der Waals surface area contributed by atoms with Gasteiger partial charge in [0.1, 0.15) is 5.82 Å². The number of benzene rings is 1. The molecular formula is C11H14N4. The van der Waals surface area contributed by atoms with Gasteiger partial charge in [-0.05, 0) is 25.0 Å². The van der Waals surface area contributed by atoms with Gasteiger partial charge < -0.3 is 5.43 Å². The predicted molar refractivity (Wildman–Crippen MR) is 61.5 cm³/mol. The second kappa shape index (κ2) is 3.82. The van der Waals surface area contributed by atoms with Crippen LogP contribution in [0.4, 0.5) is 5.82 Å². The van der Waals surface area contributed by atoms with Gasteiger partial charge in [-0.1, -0.05) is 19.1 Å². The first kappa shape index (κ1) is 9.86. The molecular weight excluding hydrogens is 188 g/mol. The van der Waals surface area contributed by atoms with Crippen LogP contribution in [0, 0.1) is 6.92 Å². The van der Waals surface area contributed by atoms with E-state index in [-0.39, 0.29) is 0 Å². The fourth-order valence-corrected chi connectivity index (χ4v) is 1.72. The highest BCUT2D eigenvalue weighted by Gasteiger charge is 2.06. The summed E-state index contributed by atoms with van der Waals surface area (Å²) in [6, 6.07) is 6.05. The summed E-state index contributed by atoms with van der Waals surface area (Å²) >= 11 is 0. The molecule has 15 heavy (non-hydrogen) atoms. The monoisotopic (exact) mass is 202 g/mol. The number of nitrogen functional groups attached to an aromatic ring is 1. The van der Waals surface area contributed by atoms with Gasteiger partial charge >= 0.3 is 0 Å². The van der Waals surface area contributed by atoms with E-state index in [4.69, 9.17) is 5.84 Å². The average Bonchev–Trinajstić information content (AvgIpc) is 2.27. The van der Waals surface area contributed by atoms with Crippen LogP contribution in [-0.4, -0.2) is 9.97 Å². The normalized spacial score (nSPS) is 10.6. The molecule has 0 spiro atoms. The first-order chi connectivity index (χ1) is 7.26. The lowest BCUT2D eigenvalue weighted by molar-refractivity contribution is 1.06. The Morgan fingerprint density at radius 2 is 2.13 bits per heavy atom. The summed E-state index contributed by atoms with van der Waals surface area (Å²) < 4.78 is 0. The van der Waals surface area contributed by atoms with E-state index in [1.165, 1.54) is 5.56 Å². The summed E-state index contributed by atoms with van der Waals surface area (Å²) in [5, 5.41) is 0.974. The quantitative estimate of drug-likeness (QED) is 0.575. The highest BCUT2D eigenvalue weighted by atomic mass is 15.3. The summed E-state index contributed by atoms with van der Waals surface area (Å²) in [6.45, 7) is 3.98. The molecule has 4 heteroatoms. The minimum atomic E-state index is 0.688. The van der Waals surface area contributed by atoms with Crippen LogP contribution in [0.3, 0.4) is 0 Å². The van der Waals surface area contributed by atoms with Crippen LogP contribution in [0.1, 0.15) is 18.3 Å². The first-order valence-electron chi connectivity index (χ1n) is 4.99. The summed E-state index contributed by atoms with van der Waals surface area (Å²) in [4.78, 5) is 8.70. The second-order valence-electron chi connectivity index (χ2n) is 3.43. The van der Waals surface area contributed by atoms with E-state index in [0.717, 1.165) is 23.1 Å². The highest BCUT2D eigenvalue weighted by molar-refractivity contribution is 5.91. The molecule has 78 valence electrons. The number of nitrogens with two attached hydrogens (primary N) is 1. The molecule has 0 saturated carbocycles. The Morgan fingerprint density at radius 3 is 2.80 bits per heavy atom. The zero-order valence-corrected chi connectivity index (χ0v) is 8.91. The van der Waals surface area contributed by atoms with Gasteiger partial charge in [0, 0.05) is 5.39 Å². The van der Waals surface area contributed by atoms with Crippen molar-refractivity contribution in [1.82, 2.24) is 9.97 Å². The summed E-state index contributed by atoms with van der Waals surface area (Å²) in [6.07, 6.45) is 0.956. The van der Waals surface area contributed by atoms with Gasteiger partial charge in [0.2, 0.25) is 0 Å². The molecule has 0 amide bonds. The molecule has 0 atom stereocenters. The molecule has 2 aromatic rings. The van der Waals surface area contributed by atoms with E-state index in [2.05, 4.69) is 28.4 Å². The van der Waals surface area contributed by atoms with Gasteiger partial charge in [-0.2, -0.15) is 0 Å². The lowest BCUT2D eigenvalue weighted by atomic mass is 10.1. The van der Waals surface area contributed by atoms with Crippen LogP contribution in [0.2, 0.25) is 0 Å². The molecule has 0 saturated heterocycles. The Kier molecular flexibility index (Phi) is 2.51. The number of nitrogens with zero attached hydrogens (tertiary/aromatic N) is 2. The number of aromatic nitrogens is 2. The van der Waals surface area contributed by atoms with Crippen molar-refractivity contribution in [2.75, 3.05) is 5.43 Å². The summed E-state index contributed by atoms with van der Waals surface area (Å²) in [7, 11) is 0. The molecule has 0 aliphatic rings. The van der Waals surface area contributed by atoms with Crippen molar-refractivity contribution in [1.29, 1.82) is 0 Å². The molecule has 1 aromatic heterocycles. The van der Waals surface area contributed by atoms with Crippen molar-refractivity contribution in [2.24, 2.45) is 5.84 Å². The minimum absolute atomic E-state index is 0.688. The Labute approximate surface area is 88.5 Å². The fraction of sp³-hybridized carbons (Fsp3) is 0.273. The number of anilines is 1. The van der Waals surface area contributed by atoms with Gasteiger partial charge in [-0.25, -0.2) is 15.8 Å². The van der Waals surface area contributed by atoms with Gasteiger partial charge in [0.25, 0.3) is 0 Å². The molecule has 4 nitrogen and oxygen atoms in total. The molecule has 0 unspecified atom stereocenters. The van der Waals surface area contributed by atoms with Crippen LogP contribution in [-0.2, 0) is 6.42 Å². The Hall–Kier alpha value is -1.68. The van der Waals surface area contributed by atoms with E-state index >= 15 is 0 Å². The Balaban J connectivity index is 2.82. The number of hydrogen-bond acceptors (Lipinski definition) is 4. The smallest absolute Gasteiger partial charge is 0.151 e. The molecule has 0 fully saturated rings. The zero-order chi connectivity index (χ0) is 10.8. The second-order valence-corrected chi connectivity index (χ2v) is 3.43. The van der Waals surface area contributed by atoms with Crippen LogP contribution in [0.15, 0.2) is 18.2 Å². The number of rotatable bonds is 2. The number of fused-ring (bicyclic) bond motifs is 1. The number of hydrazine groups is 1. The average molecular weight is 202 g/mol. The highest BCUT2D eigenvalue weighted by Crippen LogP contribution is 2.22. The molecule has 2 rings (SSSR count). The minimum Gasteiger partial charge on any atom is -0.308 e. The standard InChI is InChI=1S/C11H14N4/c1-3-8-5-4-6-9-10(8)13-7(2)14-11(9)15-12/h4-6H,3,12H2,1-2H3,(H,13,14,15). The lowest BCUT2D eigenvalue weighted by Gasteiger charge is -2.08. The molecule has 0 aliphatic heterocycles. The lowest BCUT2D eigenvalue weighted by Crippen LogP contribution is -2.10. The predicted octanol–water partition coefficient (Wildman–Crippen LogP) is 1.79. The molecule has 0 radical (unpaired) electrons. The van der Waals surface area contributed by atoms with E-state index in [1.54, 1.807) is 0 Å². The van der Waals surface area contributed by atoms with E-state index in [1.807, 2.05) is 19.1 Å². The Morgan fingerprint density at radius 1 is 1.33 bits per heavy atom. The van der Waals surface area contributed by atoms with Crippen molar-refractivity contribution in [3.63, 3.8) is 0 Å². The van der Waals surface area contributed by atoms with Crippen molar-refractivity contribution < 1.29 is 0 Å². The molecule has 0 bridgehead atoms. The van der Waals surface area contributed by atoms with Crippen LogP contribution >= 0.6 is 0 Å². The zero-order valence-electron chi connectivity index (χ0n) is 8.91. The van der Waals surface area contributed by atoms with E-state index in [0.29, 0.717) is 5.82 Å². The number of para-hydroxylation sites is 1. The third-order valence-corrected chi connectivity index (χ3v) is 2.44. The van der Waals surface area contributed by atoms with Crippen LogP contribution in [0.25, 0.3) is 10.9 Å². The Bertz CT molecular complexity index is 493. The maximum absolute atomic E-state index is 5.44. The maximum Gasteiger partial charge on any atom is 0.151 e. The third kappa shape index (κ3) is 1.64. The van der Waals surface area contributed by atoms with Crippen molar-refractivity contribution in [3.8, 4) is 0 Å².